The highest BCUT2D eigenvalue weighted by Gasteiger charge is 2.01. The molecule has 0 fully saturated rings. The largest absolute Gasteiger partial charge is 0.379 e. The minimum atomic E-state index is 0.528. The molecule has 0 bridgehead atoms. The Labute approximate surface area is 121 Å². The number of ether oxygens (including phenoxy) is 2. The van der Waals surface area contributed by atoms with E-state index in [0.717, 1.165) is 13.2 Å². The molecule has 1 N–H and O–H groups in total. The molecule has 0 spiro atoms. The molecule has 1 heterocycles. The first-order valence-corrected chi connectivity index (χ1v) is 7.86. The van der Waals surface area contributed by atoms with Gasteiger partial charge in [0.05, 0.1) is 19.8 Å². The van der Waals surface area contributed by atoms with Crippen molar-refractivity contribution in [3.63, 3.8) is 0 Å². The van der Waals surface area contributed by atoms with Crippen LogP contribution in [-0.2, 0) is 22.6 Å². The quantitative estimate of drug-likeness (QED) is 0.668. The predicted molar refractivity (Wildman–Crippen MR) is 81.6 cm³/mol. The van der Waals surface area contributed by atoms with Crippen LogP contribution < -0.4 is 5.32 Å². The maximum Gasteiger partial charge on any atom is 0.0810 e. The summed E-state index contributed by atoms with van der Waals surface area (Å²) in [5, 5.41) is 3.42. The van der Waals surface area contributed by atoms with Crippen molar-refractivity contribution in [3.05, 3.63) is 21.9 Å². The number of hydrogen-bond acceptors (Lipinski definition) is 4. The SMILES string of the molecule is CC(C)COCCOCc1ccc(CNC(C)C)s1. The van der Waals surface area contributed by atoms with E-state index in [9.17, 15) is 0 Å². The van der Waals surface area contributed by atoms with E-state index in [1.165, 1.54) is 9.75 Å². The Morgan fingerprint density at radius 1 is 1.05 bits per heavy atom. The van der Waals surface area contributed by atoms with Gasteiger partial charge in [0, 0.05) is 28.9 Å². The van der Waals surface area contributed by atoms with E-state index in [1.807, 2.05) is 11.3 Å². The second-order valence-electron chi connectivity index (χ2n) is 5.42. The monoisotopic (exact) mass is 285 g/mol. The second kappa shape index (κ2) is 9.48. The molecular formula is C15H27NO2S. The molecule has 110 valence electrons. The lowest BCUT2D eigenvalue weighted by Gasteiger charge is -2.07. The summed E-state index contributed by atoms with van der Waals surface area (Å²) in [4.78, 5) is 2.65. The molecule has 1 rings (SSSR count). The first-order valence-electron chi connectivity index (χ1n) is 7.04. The fourth-order valence-corrected chi connectivity index (χ4v) is 2.42. The molecule has 19 heavy (non-hydrogen) atoms. The van der Waals surface area contributed by atoms with Crippen LogP contribution in [0.2, 0.25) is 0 Å². The predicted octanol–water partition coefficient (Wildman–Crippen LogP) is 3.44. The molecule has 1 aromatic heterocycles. The molecule has 0 aliphatic rings. The van der Waals surface area contributed by atoms with Crippen LogP contribution in [0.25, 0.3) is 0 Å². The van der Waals surface area contributed by atoms with Gasteiger partial charge in [-0.15, -0.1) is 11.3 Å². The van der Waals surface area contributed by atoms with E-state index >= 15 is 0 Å². The van der Waals surface area contributed by atoms with Gasteiger partial charge in [-0.2, -0.15) is 0 Å². The summed E-state index contributed by atoms with van der Waals surface area (Å²) in [6, 6.07) is 4.85. The van der Waals surface area contributed by atoms with Crippen molar-refractivity contribution in [2.75, 3.05) is 19.8 Å². The van der Waals surface area contributed by atoms with Gasteiger partial charge in [0.1, 0.15) is 0 Å². The summed E-state index contributed by atoms with van der Waals surface area (Å²) in [7, 11) is 0. The zero-order valence-corrected chi connectivity index (χ0v) is 13.4. The summed E-state index contributed by atoms with van der Waals surface area (Å²) in [5.74, 6) is 0.591. The third kappa shape index (κ3) is 8.37. The summed E-state index contributed by atoms with van der Waals surface area (Å²) in [5.41, 5.74) is 0. The Bertz CT molecular complexity index is 337. The Kier molecular flexibility index (Phi) is 8.30. The minimum absolute atomic E-state index is 0.528. The third-order valence-corrected chi connectivity index (χ3v) is 3.53. The van der Waals surface area contributed by atoms with Gasteiger partial charge in [-0.3, -0.25) is 0 Å². The van der Waals surface area contributed by atoms with Crippen molar-refractivity contribution in [2.45, 2.75) is 46.9 Å². The zero-order chi connectivity index (χ0) is 14.1. The Hall–Kier alpha value is -0.420. The molecule has 0 saturated heterocycles. The van der Waals surface area contributed by atoms with Gasteiger partial charge in [-0.05, 0) is 18.1 Å². The highest BCUT2D eigenvalue weighted by atomic mass is 32.1. The van der Waals surface area contributed by atoms with Gasteiger partial charge in [0.15, 0.2) is 0 Å². The molecule has 0 aliphatic carbocycles. The standard InChI is InChI=1S/C15H27NO2S/c1-12(2)10-17-7-8-18-11-15-6-5-14(19-15)9-16-13(3)4/h5-6,12-13,16H,7-11H2,1-4H3. The van der Waals surface area contributed by atoms with E-state index in [1.54, 1.807) is 0 Å². The van der Waals surface area contributed by atoms with Crippen molar-refractivity contribution in [3.8, 4) is 0 Å². The van der Waals surface area contributed by atoms with E-state index in [4.69, 9.17) is 9.47 Å². The third-order valence-electron chi connectivity index (χ3n) is 2.47. The van der Waals surface area contributed by atoms with Gasteiger partial charge in [-0.25, -0.2) is 0 Å². The van der Waals surface area contributed by atoms with Crippen LogP contribution in [0.15, 0.2) is 12.1 Å². The smallest absolute Gasteiger partial charge is 0.0810 e. The number of hydrogen-bond donors (Lipinski definition) is 1. The number of thiophene rings is 1. The fraction of sp³-hybridized carbons (Fsp3) is 0.733. The summed E-state index contributed by atoms with van der Waals surface area (Å²) in [6.45, 7) is 12.4. The molecule has 0 saturated carbocycles. The highest BCUT2D eigenvalue weighted by molar-refractivity contribution is 7.11. The first-order chi connectivity index (χ1) is 9.08. The average molecular weight is 285 g/mol. The maximum absolute atomic E-state index is 5.61. The second-order valence-corrected chi connectivity index (χ2v) is 6.68. The maximum atomic E-state index is 5.61. The van der Waals surface area contributed by atoms with Gasteiger partial charge >= 0.3 is 0 Å². The van der Waals surface area contributed by atoms with Crippen LogP contribution in [0, 0.1) is 5.92 Å². The summed E-state index contributed by atoms with van der Waals surface area (Å²) in [6.07, 6.45) is 0. The molecular weight excluding hydrogens is 258 g/mol. The Morgan fingerprint density at radius 3 is 2.42 bits per heavy atom. The lowest BCUT2D eigenvalue weighted by molar-refractivity contribution is 0.0322. The van der Waals surface area contributed by atoms with Crippen LogP contribution in [-0.4, -0.2) is 25.9 Å². The van der Waals surface area contributed by atoms with Crippen molar-refractivity contribution in [1.82, 2.24) is 5.32 Å². The van der Waals surface area contributed by atoms with Gasteiger partial charge in [0.2, 0.25) is 0 Å². The van der Waals surface area contributed by atoms with Crippen molar-refractivity contribution in [2.24, 2.45) is 5.92 Å². The lowest BCUT2D eigenvalue weighted by atomic mass is 10.2. The van der Waals surface area contributed by atoms with Crippen LogP contribution in [0.1, 0.15) is 37.4 Å². The van der Waals surface area contributed by atoms with E-state index in [-0.39, 0.29) is 0 Å². The normalized spacial score (nSPS) is 11.7. The molecule has 0 atom stereocenters. The van der Waals surface area contributed by atoms with E-state index in [0.29, 0.717) is 31.8 Å². The van der Waals surface area contributed by atoms with Crippen molar-refractivity contribution >= 4 is 11.3 Å². The molecule has 3 nitrogen and oxygen atoms in total. The molecule has 0 unspecified atom stereocenters. The Balaban J connectivity index is 2.09. The fourth-order valence-electron chi connectivity index (χ4n) is 1.51. The van der Waals surface area contributed by atoms with Crippen LogP contribution in [0.5, 0.6) is 0 Å². The zero-order valence-electron chi connectivity index (χ0n) is 12.6. The van der Waals surface area contributed by atoms with Crippen LogP contribution in [0.3, 0.4) is 0 Å². The first kappa shape index (κ1) is 16.6. The van der Waals surface area contributed by atoms with Gasteiger partial charge in [-0.1, -0.05) is 27.7 Å². The number of rotatable bonds is 10. The van der Waals surface area contributed by atoms with Crippen LogP contribution >= 0.6 is 11.3 Å². The summed E-state index contributed by atoms with van der Waals surface area (Å²) < 4.78 is 11.1. The van der Waals surface area contributed by atoms with Crippen molar-refractivity contribution < 1.29 is 9.47 Å². The minimum Gasteiger partial charge on any atom is -0.379 e. The van der Waals surface area contributed by atoms with Gasteiger partial charge < -0.3 is 14.8 Å². The van der Waals surface area contributed by atoms with Gasteiger partial charge in [0.25, 0.3) is 0 Å². The Morgan fingerprint density at radius 2 is 1.74 bits per heavy atom. The van der Waals surface area contributed by atoms with Crippen LogP contribution in [0.4, 0.5) is 0 Å². The summed E-state index contributed by atoms with van der Waals surface area (Å²) >= 11 is 1.82. The number of nitrogens with one attached hydrogen (secondary N) is 1. The van der Waals surface area contributed by atoms with E-state index < -0.39 is 0 Å². The molecule has 0 aliphatic heterocycles. The highest BCUT2D eigenvalue weighted by Crippen LogP contribution is 2.17. The molecule has 0 radical (unpaired) electrons. The molecule has 4 heteroatoms. The van der Waals surface area contributed by atoms with E-state index in [2.05, 4.69) is 45.1 Å². The average Bonchev–Trinajstić information content (AvgIpc) is 2.78. The molecule has 0 amide bonds. The lowest BCUT2D eigenvalue weighted by Crippen LogP contribution is -2.21. The van der Waals surface area contributed by atoms with Crippen molar-refractivity contribution in [1.29, 1.82) is 0 Å². The molecule has 0 aromatic carbocycles. The molecule has 1 aromatic rings. The topological polar surface area (TPSA) is 30.5 Å².